The van der Waals surface area contributed by atoms with Gasteiger partial charge in [0.15, 0.2) is 0 Å². The van der Waals surface area contributed by atoms with Crippen LogP contribution in [0.1, 0.15) is 41.9 Å². The molecule has 1 aliphatic carbocycles. The van der Waals surface area contributed by atoms with E-state index in [1.807, 2.05) is 6.92 Å². The maximum absolute atomic E-state index is 12.2. The number of carbonyl (C=O) groups is 1. The van der Waals surface area contributed by atoms with Crippen LogP contribution < -0.4 is 10.1 Å². The molecule has 1 saturated carbocycles. The molecule has 0 aliphatic heterocycles. The minimum Gasteiger partial charge on any atom is -0.460 e. The Morgan fingerprint density at radius 1 is 1.08 bits per heavy atom. The average molecular weight is 348 g/mol. The van der Waals surface area contributed by atoms with E-state index in [9.17, 15) is 4.79 Å². The van der Waals surface area contributed by atoms with E-state index >= 15 is 0 Å². The Hall–Kier alpha value is -2.28. The summed E-state index contributed by atoms with van der Waals surface area (Å²) in [6.45, 7) is 1.83. The summed E-state index contributed by atoms with van der Waals surface area (Å²) >= 11 is 5.75. The molecule has 0 bridgehead atoms. The summed E-state index contributed by atoms with van der Waals surface area (Å²) in [5, 5.41) is 3.48. The molecule has 1 N–H and O–H groups in total. The highest BCUT2D eigenvalue weighted by atomic mass is 35.5. The number of aryl methyl sites for hydroxylation is 1. The van der Waals surface area contributed by atoms with Gasteiger partial charge < -0.3 is 10.1 Å². The summed E-state index contributed by atoms with van der Waals surface area (Å²) < 4.78 is 5.75. The van der Waals surface area contributed by atoms with Crippen LogP contribution in [-0.4, -0.2) is 38.0 Å². The highest BCUT2D eigenvalue weighted by molar-refractivity contribution is 6.30. The van der Waals surface area contributed by atoms with Crippen LogP contribution in [0, 0.1) is 6.92 Å². The predicted molar refractivity (Wildman–Crippen MR) is 87.9 cm³/mol. The maximum Gasteiger partial charge on any atom is 0.316 e. The van der Waals surface area contributed by atoms with E-state index in [0.717, 1.165) is 31.4 Å². The zero-order chi connectivity index (χ0) is 16.9. The molecular weight excluding hydrogens is 330 g/mol. The average Bonchev–Trinajstić information content (AvgIpc) is 2.59. The van der Waals surface area contributed by atoms with Crippen molar-refractivity contribution >= 4 is 17.5 Å². The number of ether oxygens (including phenoxy) is 1. The second kappa shape index (κ2) is 7.53. The Balaban J connectivity index is 1.47. The first kappa shape index (κ1) is 16.6. The molecule has 8 heteroatoms. The largest absolute Gasteiger partial charge is 0.460 e. The number of aromatic nitrogens is 4. The molecule has 0 atom stereocenters. The van der Waals surface area contributed by atoms with Crippen molar-refractivity contribution in [1.82, 2.24) is 25.3 Å². The van der Waals surface area contributed by atoms with Crippen molar-refractivity contribution in [2.75, 3.05) is 0 Å². The van der Waals surface area contributed by atoms with E-state index in [4.69, 9.17) is 16.3 Å². The highest BCUT2D eigenvalue weighted by Gasteiger charge is 2.24. The lowest BCUT2D eigenvalue weighted by Gasteiger charge is -2.28. The smallest absolute Gasteiger partial charge is 0.316 e. The number of carbonyl (C=O) groups excluding carboxylic acids is 1. The Morgan fingerprint density at radius 2 is 1.79 bits per heavy atom. The van der Waals surface area contributed by atoms with Crippen LogP contribution in [0.5, 0.6) is 6.01 Å². The van der Waals surface area contributed by atoms with Gasteiger partial charge in [0, 0.05) is 12.2 Å². The summed E-state index contributed by atoms with van der Waals surface area (Å²) in [6.07, 6.45) is 9.50. The molecule has 0 spiro atoms. The third-order valence-corrected chi connectivity index (χ3v) is 4.09. The quantitative estimate of drug-likeness (QED) is 0.913. The van der Waals surface area contributed by atoms with Crippen molar-refractivity contribution in [3.05, 3.63) is 41.2 Å². The SMILES string of the molecule is Cc1cnc(C(=O)NC2CCC(Oc3ncc(Cl)cn3)CC2)cn1. The second-order valence-electron chi connectivity index (χ2n) is 5.79. The monoisotopic (exact) mass is 347 g/mol. The van der Waals surface area contributed by atoms with Crippen molar-refractivity contribution in [2.45, 2.75) is 44.8 Å². The number of halogens is 1. The van der Waals surface area contributed by atoms with Gasteiger partial charge in [-0.1, -0.05) is 11.6 Å². The molecule has 2 heterocycles. The zero-order valence-corrected chi connectivity index (χ0v) is 14.0. The standard InChI is InChI=1S/C16H18ClN5O2/c1-10-6-19-14(9-18-10)15(23)22-12-2-4-13(5-3-12)24-16-20-7-11(17)8-21-16/h6-9,12-13H,2-5H2,1H3,(H,22,23). The molecule has 0 saturated heterocycles. The van der Waals surface area contributed by atoms with Crippen LogP contribution in [0.25, 0.3) is 0 Å². The van der Waals surface area contributed by atoms with Gasteiger partial charge in [-0.25, -0.2) is 15.0 Å². The number of nitrogens with one attached hydrogen (secondary N) is 1. The Labute approximate surface area is 144 Å². The summed E-state index contributed by atoms with van der Waals surface area (Å²) in [5.41, 5.74) is 1.13. The van der Waals surface area contributed by atoms with E-state index in [2.05, 4.69) is 25.3 Å². The second-order valence-corrected chi connectivity index (χ2v) is 6.23. The Bertz CT molecular complexity index is 685. The van der Waals surface area contributed by atoms with Gasteiger partial charge in [-0.2, -0.15) is 0 Å². The van der Waals surface area contributed by atoms with E-state index < -0.39 is 0 Å². The first-order valence-electron chi connectivity index (χ1n) is 7.84. The maximum atomic E-state index is 12.2. The molecular formula is C16H18ClN5O2. The van der Waals surface area contributed by atoms with Gasteiger partial charge in [-0.05, 0) is 32.6 Å². The molecule has 1 amide bonds. The number of nitrogens with zero attached hydrogens (tertiary/aromatic N) is 4. The summed E-state index contributed by atoms with van der Waals surface area (Å²) in [5.74, 6) is -0.187. The fourth-order valence-corrected chi connectivity index (χ4v) is 2.70. The van der Waals surface area contributed by atoms with Gasteiger partial charge in [0.2, 0.25) is 0 Å². The topological polar surface area (TPSA) is 89.9 Å². The number of hydrogen-bond donors (Lipinski definition) is 1. The first-order chi connectivity index (χ1) is 11.6. The highest BCUT2D eigenvalue weighted by Crippen LogP contribution is 2.22. The molecule has 0 unspecified atom stereocenters. The Kier molecular flexibility index (Phi) is 5.20. The normalized spacial score (nSPS) is 20.4. The lowest BCUT2D eigenvalue weighted by Crippen LogP contribution is -2.40. The number of amides is 1. The van der Waals surface area contributed by atoms with E-state index in [0.29, 0.717) is 16.7 Å². The number of hydrogen-bond acceptors (Lipinski definition) is 6. The van der Waals surface area contributed by atoms with Crippen LogP contribution in [0.2, 0.25) is 5.02 Å². The van der Waals surface area contributed by atoms with Crippen molar-refractivity contribution < 1.29 is 9.53 Å². The molecule has 2 aromatic rings. The van der Waals surface area contributed by atoms with Gasteiger partial charge in [-0.3, -0.25) is 9.78 Å². The third kappa shape index (κ3) is 4.38. The molecule has 0 radical (unpaired) electrons. The van der Waals surface area contributed by atoms with E-state index in [1.165, 1.54) is 18.6 Å². The van der Waals surface area contributed by atoms with E-state index in [1.54, 1.807) is 6.20 Å². The van der Waals surface area contributed by atoms with Gasteiger partial charge in [0.25, 0.3) is 5.91 Å². The molecule has 1 fully saturated rings. The van der Waals surface area contributed by atoms with Crippen LogP contribution in [-0.2, 0) is 0 Å². The van der Waals surface area contributed by atoms with Gasteiger partial charge in [-0.15, -0.1) is 0 Å². The van der Waals surface area contributed by atoms with Crippen LogP contribution >= 0.6 is 11.6 Å². The fraction of sp³-hybridized carbons (Fsp3) is 0.438. The van der Waals surface area contributed by atoms with Crippen LogP contribution in [0.3, 0.4) is 0 Å². The first-order valence-corrected chi connectivity index (χ1v) is 8.21. The van der Waals surface area contributed by atoms with Gasteiger partial charge >= 0.3 is 6.01 Å². The van der Waals surface area contributed by atoms with Crippen molar-refractivity contribution in [3.8, 4) is 6.01 Å². The minimum atomic E-state index is -0.187. The molecule has 3 rings (SSSR count). The predicted octanol–water partition coefficient (Wildman–Crippen LogP) is 2.35. The van der Waals surface area contributed by atoms with E-state index in [-0.39, 0.29) is 18.1 Å². The molecule has 7 nitrogen and oxygen atoms in total. The van der Waals surface area contributed by atoms with Crippen molar-refractivity contribution in [1.29, 1.82) is 0 Å². The van der Waals surface area contributed by atoms with Crippen molar-refractivity contribution in [2.24, 2.45) is 0 Å². The summed E-state index contributed by atoms with van der Waals surface area (Å²) in [7, 11) is 0. The number of rotatable bonds is 4. The van der Waals surface area contributed by atoms with Crippen LogP contribution in [0.15, 0.2) is 24.8 Å². The zero-order valence-electron chi connectivity index (χ0n) is 13.3. The summed E-state index contributed by atoms with van der Waals surface area (Å²) in [6, 6.07) is 0.452. The molecule has 1 aliphatic rings. The fourth-order valence-electron chi connectivity index (χ4n) is 2.60. The lowest BCUT2D eigenvalue weighted by molar-refractivity contribution is 0.0880. The van der Waals surface area contributed by atoms with Gasteiger partial charge in [0.05, 0.1) is 29.3 Å². The summed E-state index contributed by atoms with van der Waals surface area (Å²) in [4.78, 5) is 28.4. The molecule has 126 valence electrons. The van der Waals surface area contributed by atoms with Crippen LogP contribution in [0.4, 0.5) is 0 Å². The van der Waals surface area contributed by atoms with Crippen molar-refractivity contribution in [3.63, 3.8) is 0 Å². The molecule has 24 heavy (non-hydrogen) atoms. The minimum absolute atomic E-state index is 0.0542. The third-order valence-electron chi connectivity index (χ3n) is 3.89. The lowest BCUT2D eigenvalue weighted by atomic mass is 9.93. The Morgan fingerprint density at radius 3 is 2.42 bits per heavy atom. The van der Waals surface area contributed by atoms with Gasteiger partial charge in [0.1, 0.15) is 11.8 Å². The molecule has 0 aromatic carbocycles. The molecule has 2 aromatic heterocycles.